The van der Waals surface area contributed by atoms with E-state index in [1.807, 2.05) is 31.2 Å². The topological polar surface area (TPSA) is 64.6 Å². The first-order valence-corrected chi connectivity index (χ1v) is 8.40. The number of aryl methyl sites for hydroxylation is 1. The smallest absolute Gasteiger partial charge is 0.339 e. The highest BCUT2D eigenvalue weighted by molar-refractivity contribution is 6.08. The van der Waals surface area contributed by atoms with Crippen LogP contribution >= 0.6 is 0 Å². The van der Waals surface area contributed by atoms with E-state index in [0.29, 0.717) is 22.6 Å². The van der Waals surface area contributed by atoms with E-state index in [4.69, 9.17) is 9.47 Å². The molecule has 3 rings (SSSR count). The Hall–Kier alpha value is -3.60. The SMILES string of the molecule is COC(=O)c1ccccc1NC(=O)c1ccc(Oc2ccc(C)cc2)cc1. The quantitative estimate of drug-likeness (QED) is 0.661. The van der Waals surface area contributed by atoms with Gasteiger partial charge in [-0.2, -0.15) is 0 Å². The van der Waals surface area contributed by atoms with Gasteiger partial charge in [0.15, 0.2) is 0 Å². The summed E-state index contributed by atoms with van der Waals surface area (Å²) in [7, 11) is 1.30. The summed E-state index contributed by atoms with van der Waals surface area (Å²) in [5.41, 5.74) is 2.30. The fourth-order valence-corrected chi connectivity index (χ4v) is 2.49. The predicted octanol–water partition coefficient (Wildman–Crippen LogP) is 4.83. The van der Waals surface area contributed by atoms with Gasteiger partial charge >= 0.3 is 5.97 Å². The zero-order valence-corrected chi connectivity index (χ0v) is 15.1. The van der Waals surface area contributed by atoms with E-state index in [1.54, 1.807) is 48.5 Å². The van der Waals surface area contributed by atoms with Gasteiger partial charge in [0.05, 0.1) is 18.4 Å². The molecular weight excluding hydrogens is 342 g/mol. The van der Waals surface area contributed by atoms with E-state index < -0.39 is 5.97 Å². The number of esters is 1. The summed E-state index contributed by atoms with van der Waals surface area (Å²) in [6, 6.07) is 21.2. The Balaban J connectivity index is 1.71. The Morgan fingerprint density at radius 1 is 0.815 bits per heavy atom. The van der Waals surface area contributed by atoms with Gasteiger partial charge in [0.1, 0.15) is 11.5 Å². The van der Waals surface area contributed by atoms with Gasteiger partial charge in [0, 0.05) is 5.56 Å². The van der Waals surface area contributed by atoms with Crippen molar-refractivity contribution < 1.29 is 19.1 Å². The molecule has 0 aromatic heterocycles. The van der Waals surface area contributed by atoms with Crippen LogP contribution in [0.25, 0.3) is 0 Å². The van der Waals surface area contributed by atoms with Crippen LogP contribution in [0.1, 0.15) is 26.3 Å². The third kappa shape index (κ3) is 4.52. The number of rotatable bonds is 5. The van der Waals surface area contributed by atoms with Crippen molar-refractivity contribution >= 4 is 17.6 Å². The van der Waals surface area contributed by atoms with Crippen LogP contribution in [0, 0.1) is 6.92 Å². The third-order valence-corrected chi connectivity index (χ3v) is 3.95. The minimum atomic E-state index is -0.507. The molecule has 3 aromatic carbocycles. The number of carbonyl (C=O) groups excluding carboxylic acids is 2. The Kier molecular flexibility index (Phi) is 5.52. The number of para-hydroxylation sites is 1. The standard InChI is InChI=1S/C22H19NO4/c1-15-7-11-17(12-8-15)27-18-13-9-16(10-14-18)21(24)23-20-6-4-3-5-19(20)22(25)26-2/h3-14H,1-2H3,(H,23,24). The summed E-state index contributed by atoms with van der Waals surface area (Å²) in [6.07, 6.45) is 0. The lowest BCUT2D eigenvalue weighted by molar-refractivity contribution is 0.0602. The average Bonchev–Trinajstić information content (AvgIpc) is 2.70. The second kappa shape index (κ2) is 8.19. The average molecular weight is 361 g/mol. The zero-order valence-electron chi connectivity index (χ0n) is 15.1. The highest BCUT2D eigenvalue weighted by atomic mass is 16.5. The van der Waals surface area contributed by atoms with Crippen LogP contribution in [-0.4, -0.2) is 19.0 Å². The summed E-state index contributed by atoms with van der Waals surface area (Å²) < 4.78 is 10.5. The molecule has 0 atom stereocenters. The molecule has 0 saturated heterocycles. The molecule has 0 heterocycles. The van der Waals surface area contributed by atoms with Gasteiger partial charge in [-0.3, -0.25) is 4.79 Å². The van der Waals surface area contributed by atoms with Crippen LogP contribution in [0.5, 0.6) is 11.5 Å². The predicted molar refractivity (Wildman–Crippen MR) is 103 cm³/mol. The first-order chi connectivity index (χ1) is 13.1. The number of carbonyl (C=O) groups is 2. The van der Waals surface area contributed by atoms with E-state index in [-0.39, 0.29) is 5.91 Å². The van der Waals surface area contributed by atoms with Gasteiger partial charge in [-0.25, -0.2) is 4.79 Å². The fraction of sp³-hybridized carbons (Fsp3) is 0.0909. The molecule has 1 amide bonds. The van der Waals surface area contributed by atoms with Crippen LogP contribution in [0.2, 0.25) is 0 Å². The van der Waals surface area contributed by atoms with Gasteiger partial charge in [-0.15, -0.1) is 0 Å². The first-order valence-electron chi connectivity index (χ1n) is 8.40. The molecule has 0 spiro atoms. The highest BCUT2D eigenvalue weighted by Crippen LogP contribution is 2.23. The molecule has 3 aromatic rings. The molecule has 27 heavy (non-hydrogen) atoms. The Morgan fingerprint density at radius 3 is 2.04 bits per heavy atom. The summed E-state index contributed by atoms with van der Waals surface area (Å²) in [4.78, 5) is 24.3. The second-order valence-electron chi connectivity index (χ2n) is 5.93. The van der Waals surface area contributed by atoms with Crippen LogP contribution < -0.4 is 10.1 Å². The van der Waals surface area contributed by atoms with E-state index in [2.05, 4.69) is 5.32 Å². The van der Waals surface area contributed by atoms with E-state index in [9.17, 15) is 9.59 Å². The number of ether oxygens (including phenoxy) is 2. The lowest BCUT2D eigenvalue weighted by atomic mass is 10.1. The van der Waals surface area contributed by atoms with Crippen molar-refractivity contribution in [3.63, 3.8) is 0 Å². The van der Waals surface area contributed by atoms with Crippen LogP contribution in [0.4, 0.5) is 5.69 Å². The van der Waals surface area contributed by atoms with Gasteiger partial charge in [-0.1, -0.05) is 29.8 Å². The van der Waals surface area contributed by atoms with Gasteiger partial charge < -0.3 is 14.8 Å². The Morgan fingerprint density at radius 2 is 1.41 bits per heavy atom. The van der Waals surface area contributed by atoms with Crippen molar-refractivity contribution in [3.05, 3.63) is 89.5 Å². The van der Waals surface area contributed by atoms with Crippen LogP contribution in [0.3, 0.4) is 0 Å². The molecule has 5 nitrogen and oxygen atoms in total. The Labute approximate surface area is 157 Å². The molecule has 0 radical (unpaired) electrons. The number of amides is 1. The first kappa shape index (κ1) is 18.2. The molecule has 0 aliphatic heterocycles. The number of nitrogens with one attached hydrogen (secondary N) is 1. The van der Waals surface area contributed by atoms with Gasteiger partial charge in [0.2, 0.25) is 0 Å². The summed E-state index contributed by atoms with van der Waals surface area (Å²) >= 11 is 0. The van der Waals surface area contributed by atoms with Crippen molar-refractivity contribution in [1.82, 2.24) is 0 Å². The number of anilines is 1. The maximum absolute atomic E-state index is 12.5. The van der Waals surface area contributed by atoms with E-state index in [0.717, 1.165) is 11.3 Å². The summed E-state index contributed by atoms with van der Waals surface area (Å²) in [5, 5.41) is 2.74. The largest absolute Gasteiger partial charge is 0.465 e. The molecule has 0 aliphatic rings. The molecule has 0 bridgehead atoms. The van der Waals surface area contributed by atoms with Gasteiger partial charge in [0.25, 0.3) is 5.91 Å². The molecule has 1 N–H and O–H groups in total. The lowest BCUT2D eigenvalue weighted by Gasteiger charge is -2.10. The second-order valence-corrected chi connectivity index (χ2v) is 5.93. The normalized spacial score (nSPS) is 10.1. The van der Waals surface area contributed by atoms with E-state index in [1.165, 1.54) is 7.11 Å². The van der Waals surface area contributed by atoms with Crippen molar-refractivity contribution in [2.24, 2.45) is 0 Å². The number of benzene rings is 3. The maximum atomic E-state index is 12.5. The summed E-state index contributed by atoms with van der Waals surface area (Å²) in [6.45, 7) is 2.01. The number of hydrogen-bond acceptors (Lipinski definition) is 4. The van der Waals surface area contributed by atoms with Crippen LogP contribution in [0.15, 0.2) is 72.8 Å². The van der Waals surface area contributed by atoms with Gasteiger partial charge in [-0.05, 0) is 55.5 Å². The lowest BCUT2D eigenvalue weighted by Crippen LogP contribution is -2.15. The maximum Gasteiger partial charge on any atom is 0.339 e. The van der Waals surface area contributed by atoms with Crippen molar-refractivity contribution in [2.45, 2.75) is 6.92 Å². The molecule has 0 unspecified atom stereocenters. The minimum absolute atomic E-state index is 0.299. The van der Waals surface area contributed by atoms with Crippen LogP contribution in [-0.2, 0) is 4.74 Å². The number of hydrogen-bond donors (Lipinski definition) is 1. The fourth-order valence-electron chi connectivity index (χ4n) is 2.49. The van der Waals surface area contributed by atoms with Crippen molar-refractivity contribution in [1.29, 1.82) is 0 Å². The molecular formula is C22H19NO4. The molecule has 136 valence electrons. The minimum Gasteiger partial charge on any atom is -0.465 e. The Bertz CT molecular complexity index is 947. The highest BCUT2D eigenvalue weighted by Gasteiger charge is 2.14. The molecule has 0 saturated carbocycles. The monoisotopic (exact) mass is 361 g/mol. The van der Waals surface area contributed by atoms with E-state index >= 15 is 0 Å². The summed E-state index contributed by atoms with van der Waals surface area (Å²) in [5.74, 6) is 0.524. The molecule has 0 aliphatic carbocycles. The molecule has 5 heteroatoms. The number of methoxy groups -OCH3 is 1. The van der Waals surface area contributed by atoms with Crippen molar-refractivity contribution in [2.75, 3.05) is 12.4 Å². The zero-order chi connectivity index (χ0) is 19.2. The third-order valence-electron chi connectivity index (χ3n) is 3.95. The van der Waals surface area contributed by atoms with Crippen molar-refractivity contribution in [3.8, 4) is 11.5 Å². The molecule has 0 fully saturated rings.